The van der Waals surface area contributed by atoms with Crippen LogP contribution in [0.2, 0.25) is 0 Å². The van der Waals surface area contributed by atoms with Crippen LogP contribution < -0.4 is 0 Å². The molecule has 0 amide bonds. The third-order valence-corrected chi connectivity index (χ3v) is 4.70. The molecule has 1 aliphatic rings. The summed E-state index contributed by atoms with van der Waals surface area (Å²) in [5.41, 5.74) is 0. The lowest BCUT2D eigenvalue weighted by Crippen LogP contribution is -2.35. The minimum atomic E-state index is 0.248. The van der Waals surface area contributed by atoms with Crippen LogP contribution in [0.4, 0.5) is 0 Å². The van der Waals surface area contributed by atoms with Crippen LogP contribution in [0.25, 0.3) is 0 Å². The van der Waals surface area contributed by atoms with Crippen LogP contribution in [-0.2, 0) is 11.3 Å². The van der Waals surface area contributed by atoms with Crippen molar-refractivity contribution in [2.24, 2.45) is 5.92 Å². The molecule has 82 valence electrons. The van der Waals surface area contributed by atoms with Crippen molar-refractivity contribution >= 4 is 33.6 Å². The molecule has 15 heavy (non-hydrogen) atoms. The van der Waals surface area contributed by atoms with Gasteiger partial charge < -0.3 is 4.79 Å². The van der Waals surface area contributed by atoms with Crippen molar-refractivity contribution in [2.75, 3.05) is 13.1 Å². The monoisotopic (exact) mass is 287 g/mol. The minimum Gasteiger partial charge on any atom is -0.303 e. The highest BCUT2D eigenvalue weighted by molar-refractivity contribution is 9.10. The fourth-order valence-corrected chi connectivity index (χ4v) is 3.51. The summed E-state index contributed by atoms with van der Waals surface area (Å²) in [6.07, 6.45) is 3.31. The average Bonchev–Trinajstić information content (AvgIpc) is 2.65. The van der Waals surface area contributed by atoms with Crippen LogP contribution in [0.1, 0.15) is 17.7 Å². The van der Waals surface area contributed by atoms with Gasteiger partial charge >= 0.3 is 0 Å². The van der Waals surface area contributed by atoms with Crippen molar-refractivity contribution in [3.8, 4) is 0 Å². The number of thiophene rings is 1. The smallest absolute Gasteiger partial charge is 0.124 e. The lowest BCUT2D eigenvalue weighted by atomic mass is 10.00. The fourth-order valence-electron chi connectivity index (χ4n) is 1.99. The number of aldehydes is 1. The summed E-state index contributed by atoms with van der Waals surface area (Å²) in [6, 6.07) is 2.08. The van der Waals surface area contributed by atoms with E-state index < -0.39 is 0 Å². The maximum Gasteiger partial charge on any atom is 0.124 e. The fraction of sp³-hybridized carbons (Fsp3) is 0.545. The Bertz CT molecular complexity index is 339. The highest BCUT2D eigenvalue weighted by atomic mass is 79.9. The van der Waals surface area contributed by atoms with Gasteiger partial charge in [0.05, 0.1) is 0 Å². The minimum absolute atomic E-state index is 0.248. The highest BCUT2D eigenvalue weighted by Gasteiger charge is 2.19. The van der Waals surface area contributed by atoms with E-state index in [-0.39, 0.29) is 5.92 Å². The summed E-state index contributed by atoms with van der Waals surface area (Å²) in [5.74, 6) is 0.248. The van der Waals surface area contributed by atoms with Gasteiger partial charge in [0, 0.05) is 28.4 Å². The van der Waals surface area contributed by atoms with Gasteiger partial charge in [-0.15, -0.1) is 11.3 Å². The van der Waals surface area contributed by atoms with Crippen molar-refractivity contribution < 1.29 is 4.79 Å². The molecule has 2 nitrogen and oxygen atoms in total. The molecular formula is C11H14BrNOS. The second kappa shape index (κ2) is 5.23. The molecule has 4 heteroatoms. The van der Waals surface area contributed by atoms with Crippen molar-refractivity contribution in [3.05, 3.63) is 20.8 Å². The quantitative estimate of drug-likeness (QED) is 0.797. The van der Waals surface area contributed by atoms with Gasteiger partial charge in [0.2, 0.25) is 0 Å². The van der Waals surface area contributed by atoms with Crippen LogP contribution in [0, 0.1) is 5.92 Å². The first kappa shape index (κ1) is 11.3. The van der Waals surface area contributed by atoms with E-state index in [4.69, 9.17) is 0 Å². The summed E-state index contributed by atoms with van der Waals surface area (Å²) < 4.78 is 1.20. The number of likely N-dealkylation sites (tertiary alicyclic amines) is 1. The third kappa shape index (κ3) is 2.89. The SMILES string of the molecule is O=CC1CCCN(Cc2sccc2Br)C1. The molecule has 0 aliphatic carbocycles. The van der Waals surface area contributed by atoms with Crippen molar-refractivity contribution in [2.45, 2.75) is 19.4 Å². The average molecular weight is 288 g/mol. The molecular weight excluding hydrogens is 274 g/mol. The molecule has 2 rings (SSSR count). The molecule has 1 unspecified atom stereocenters. The summed E-state index contributed by atoms with van der Waals surface area (Å²) in [4.78, 5) is 14.5. The topological polar surface area (TPSA) is 20.3 Å². The number of piperidine rings is 1. The number of rotatable bonds is 3. The molecule has 0 radical (unpaired) electrons. The first-order valence-corrected chi connectivity index (χ1v) is 6.86. The maximum absolute atomic E-state index is 10.7. The first-order chi connectivity index (χ1) is 7.29. The molecule has 0 spiro atoms. The van der Waals surface area contributed by atoms with E-state index >= 15 is 0 Å². The molecule has 1 aromatic rings. The van der Waals surface area contributed by atoms with Crippen LogP contribution >= 0.6 is 27.3 Å². The maximum atomic E-state index is 10.7. The van der Waals surface area contributed by atoms with Gasteiger partial charge in [0.25, 0.3) is 0 Å². The van der Waals surface area contributed by atoms with E-state index in [1.54, 1.807) is 11.3 Å². The van der Waals surface area contributed by atoms with Crippen molar-refractivity contribution in [1.29, 1.82) is 0 Å². The van der Waals surface area contributed by atoms with Crippen LogP contribution in [-0.4, -0.2) is 24.3 Å². The van der Waals surface area contributed by atoms with E-state index in [9.17, 15) is 4.79 Å². The Morgan fingerprint density at radius 3 is 3.20 bits per heavy atom. The number of hydrogen-bond acceptors (Lipinski definition) is 3. The van der Waals surface area contributed by atoms with E-state index in [1.807, 2.05) is 0 Å². The van der Waals surface area contributed by atoms with Gasteiger partial charge in [0.1, 0.15) is 6.29 Å². The zero-order chi connectivity index (χ0) is 10.7. The Balaban J connectivity index is 1.94. The second-order valence-corrected chi connectivity index (χ2v) is 5.82. The van der Waals surface area contributed by atoms with Gasteiger partial charge in [0.15, 0.2) is 0 Å². The molecule has 1 aliphatic heterocycles. The zero-order valence-corrected chi connectivity index (χ0v) is 10.9. The highest BCUT2D eigenvalue weighted by Crippen LogP contribution is 2.26. The zero-order valence-electron chi connectivity index (χ0n) is 8.49. The van der Waals surface area contributed by atoms with Gasteiger partial charge in [-0.05, 0) is 46.8 Å². The molecule has 0 bridgehead atoms. The Morgan fingerprint density at radius 1 is 1.67 bits per heavy atom. The molecule has 2 heterocycles. The normalized spacial score (nSPS) is 22.9. The lowest BCUT2D eigenvalue weighted by molar-refractivity contribution is -0.112. The number of carbonyl (C=O) groups is 1. The van der Waals surface area contributed by atoms with E-state index in [0.29, 0.717) is 0 Å². The van der Waals surface area contributed by atoms with Crippen LogP contribution in [0.15, 0.2) is 15.9 Å². The first-order valence-electron chi connectivity index (χ1n) is 5.19. The molecule has 1 atom stereocenters. The summed E-state index contributed by atoms with van der Waals surface area (Å²) in [7, 11) is 0. The standard InChI is InChI=1S/C11H14BrNOS/c12-10-3-5-15-11(10)7-13-4-1-2-9(6-13)8-14/h3,5,8-9H,1-2,4,6-7H2. The predicted octanol–water partition coefficient (Wildman–Crippen LogP) is 2.92. The molecule has 1 fully saturated rings. The molecule has 1 aromatic heterocycles. The van der Waals surface area contributed by atoms with Gasteiger partial charge in [-0.3, -0.25) is 4.90 Å². The lowest BCUT2D eigenvalue weighted by Gasteiger charge is -2.29. The Morgan fingerprint density at radius 2 is 2.53 bits per heavy atom. The van der Waals surface area contributed by atoms with Crippen molar-refractivity contribution in [3.63, 3.8) is 0 Å². The predicted molar refractivity (Wildman–Crippen MR) is 66.1 cm³/mol. The number of hydrogen-bond donors (Lipinski definition) is 0. The van der Waals surface area contributed by atoms with E-state index in [1.165, 1.54) is 9.35 Å². The third-order valence-electron chi connectivity index (χ3n) is 2.79. The summed E-state index contributed by atoms with van der Waals surface area (Å²) in [6.45, 7) is 3.02. The van der Waals surface area contributed by atoms with E-state index in [0.717, 1.165) is 38.8 Å². The number of nitrogens with zero attached hydrogens (tertiary/aromatic N) is 1. The Hall–Kier alpha value is -0.190. The van der Waals surface area contributed by atoms with Crippen LogP contribution in [0.3, 0.4) is 0 Å². The summed E-state index contributed by atoms with van der Waals surface area (Å²) >= 11 is 5.31. The Kier molecular flexibility index (Phi) is 3.94. The number of carbonyl (C=O) groups excluding carboxylic acids is 1. The summed E-state index contributed by atoms with van der Waals surface area (Å²) in [5, 5.41) is 2.10. The van der Waals surface area contributed by atoms with Crippen LogP contribution in [0.5, 0.6) is 0 Å². The van der Waals surface area contributed by atoms with E-state index in [2.05, 4.69) is 32.3 Å². The van der Waals surface area contributed by atoms with Gasteiger partial charge in [-0.2, -0.15) is 0 Å². The second-order valence-electron chi connectivity index (χ2n) is 3.97. The Labute approximate surface area is 102 Å². The van der Waals surface area contributed by atoms with Gasteiger partial charge in [-0.25, -0.2) is 0 Å². The van der Waals surface area contributed by atoms with Gasteiger partial charge in [-0.1, -0.05) is 0 Å². The van der Waals surface area contributed by atoms with Crippen molar-refractivity contribution in [1.82, 2.24) is 4.90 Å². The number of halogens is 1. The molecule has 0 aromatic carbocycles. The molecule has 1 saturated heterocycles. The molecule has 0 saturated carbocycles. The largest absolute Gasteiger partial charge is 0.303 e. The molecule has 0 N–H and O–H groups in total.